The minimum atomic E-state index is 0.167. The van der Waals surface area contributed by atoms with Crippen molar-refractivity contribution in [2.75, 3.05) is 44.2 Å². The zero-order valence-corrected chi connectivity index (χ0v) is 10.7. The van der Waals surface area contributed by atoms with Gasteiger partial charge in [-0.3, -0.25) is 4.79 Å². The van der Waals surface area contributed by atoms with Crippen LogP contribution in [0.1, 0.15) is 12.8 Å². The Labute approximate surface area is 102 Å². The average molecular weight is 248 g/mol. The highest BCUT2D eigenvalue weighted by Crippen LogP contribution is 2.03. The average Bonchev–Trinajstić information content (AvgIpc) is 2.29. The van der Waals surface area contributed by atoms with Crippen LogP contribution < -0.4 is 17.2 Å². The molecule has 6 heteroatoms. The van der Waals surface area contributed by atoms with Crippen LogP contribution in [0.2, 0.25) is 0 Å². The number of carbonyl (C=O) groups is 1. The first-order valence-corrected chi connectivity index (χ1v) is 6.87. The molecule has 5 nitrogen and oxygen atoms in total. The summed E-state index contributed by atoms with van der Waals surface area (Å²) in [7, 11) is 0. The van der Waals surface area contributed by atoms with E-state index in [-0.39, 0.29) is 5.91 Å². The second-order valence-corrected chi connectivity index (χ2v) is 4.61. The zero-order valence-electron chi connectivity index (χ0n) is 9.86. The van der Waals surface area contributed by atoms with Gasteiger partial charge in [0.1, 0.15) is 0 Å². The first kappa shape index (κ1) is 15.7. The van der Waals surface area contributed by atoms with Crippen LogP contribution in [0.15, 0.2) is 0 Å². The van der Waals surface area contributed by atoms with Crippen LogP contribution in [0.5, 0.6) is 0 Å². The molecule has 0 atom stereocenters. The summed E-state index contributed by atoms with van der Waals surface area (Å²) in [5.41, 5.74) is 16.3. The highest BCUT2D eigenvalue weighted by molar-refractivity contribution is 7.99. The van der Waals surface area contributed by atoms with Crippen LogP contribution >= 0.6 is 11.8 Å². The summed E-state index contributed by atoms with van der Waals surface area (Å²) in [4.78, 5) is 13.7. The van der Waals surface area contributed by atoms with E-state index in [9.17, 15) is 4.79 Å². The van der Waals surface area contributed by atoms with Gasteiger partial charge in [-0.2, -0.15) is 11.8 Å². The molecule has 0 aliphatic heterocycles. The Bertz CT molecular complexity index is 172. The van der Waals surface area contributed by atoms with Gasteiger partial charge in [0.05, 0.1) is 5.75 Å². The van der Waals surface area contributed by atoms with E-state index in [0.717, 1.165) is 31.7 Å². The molecule has 0 heterocycles. The SMILES string of the molecule is NCCCN(CCCN)C(=O)CSCCN. The predicted molar refractivity (Wildman–Crippen MR) is 70.3 cm³/mol. The summed E-state index contributed by atoms with van der Waals surface area (Å²) in [6, 6.07) is 0. The standard InChI is InChI=1S/C10H24N4OS/c11-3-1-6-14(7-2-4-12)10(15)9-16-8-5-13/h1-9,11-13H2. The van der Waals surface area contributed by atoms with E-state index >= 15 is 0 Å². The van der Waals surface area contributed by atoms with E-state index in [2.05, 4.69) is 0 Å². The third-order valence-electron chi connectivity index (χ3n) is 2.10. The fourth-order valence-corrected chi connectivity index (χ4v) is 1.93. The summed E-state index contributed by atoms with van der Waals surface area (Å²) in [6.07, 6.45) is 1.69. The van der Waals surface area contributed by atoms with Gasteiger partial charge in [-0.1, -0.05) is 0 Å². The molecule has 96 valence electrons. The van der Waals surface area contributed by atoms with Gasteiger partial charge in [0.15, 0.2) is 0 Å². The number of thioether (sulfide) groups is 1. The molecule has 0 aromatic carbocycles. The smallest absolute Gasteiger partial charge is 0.232 e. The third kappa shape index (κ3) is 7.92. The second kappa shape index (κ2) is 11.2. The molecule has 16 heavy (non-hydrogen) atoms. The molecular formula is C10H24N4OS. The maximum absolute atomic E-state index is 11.8. The zero-order chi connectivity index (χ0) is 12.2. The highest BCUT2D eigenvalue weighted by Gasteiger charge is 2.11. The summed E-state index contributed by atoms with van der Waals surface area (Å²) >= 11 is 1.58. The van der Waals surface area contributed by atoms with Crippen LogP contribution in [0.3, 0.4) is 0 Å². The van der Waals surface area contributed by atoms with Crippen molar-refractivity contribution in [2.24, 2.45) is 17.2 Å². The van der Waals surface area contributed by atoms with E-state index in [1.807, 2.05) is 4.90 Å². The topological polar surface area (TPSA) is 98.4 Å². The molecule has 0 aromatic rings. The van der Waals surface area contributed by atoms with Gasteiger partial charge in [0.2, 0.25) is 5.91 Å². The largest absolute Gasteiger partial charge is 0.342 e. The molecule has 0 fully saturated rings. The fraction of sp³-hybridized carbons (Fsp3) is 0.900. The Morgan fingerprint density at radius 2 is 1.56 bits per heavy atom. The Balaban J connectivity index is 3.88. The number of nitrogens with two attached hydrogens (primary N) is 3. The lowest BCUT2D eigenvalue weighted by Crippen LogP contribution is -2.36. The molecule has 0 spiro atoms. The van der Waals surface area contributed by atoms with Gasteiger partial charge in [-0.15, -0.1) is 0 Å². The first-order chi connectivity index (χ1) is 7.76. The van der Waals surface area contributed by atoms with E-state index in [1.54, 1.807) is 11.8 Å². The lowest BCUT2D eigenvalue weighted by atomic mass is 10.3. The molecule has 0 radical (unpaired) electrons. The van der Waals surface area contributed by atoms with E-state index in [1.165, 1.54) is 0 Å². The molecule has 6 N–H and O–H groups in total. The van der Waals surface area contributed by atoms with Gasteiger partial charge < -0.3 is 22.1 Å². The molecule has 0 aliphatic carbocycles. The number of rotatable bonds is 10. The molecule has 0 rings (SSSR count). The normalized spacial score (nSPS) is 10.4. The van der Waals surface area contributed by atoms with Gasteiger partial charge in [0, 0.05) is 25.4 Å². The monoisotopic (exact) mass is 248 g/mol. The van der Waals surface area contributed by atoms with E-state index in [4.69, 9.17) is 17.2 Å². The Morgan fingerprint density at radius 3 is 2.00 bits per heavy atom. The van der Waals surface area contributed by atoms with E-state index < -0.39 is 0 Å². The van der Waals surface area contributed by atoms with Crippen molar-refractivity contribution in [3.05, 3.63) is 0 Å². The molecule has 0 aliphatic rings. The van der Waals surface area contributed by atoms with Crippen molar-refractivity contribution < 1.29 is 4.79 Å². The molecule has 0 bridgehead atoms. The third-order valence-corrected chi connectivity index (χ3v) is 3.08. The highest BCUT2D eigenvalue weighted by atomic mass is 32.2. The number of hydrogen-bond acceptors (Lipinski definition) is 5. The maximum atomic E-state index is 11.8. The molecule has 0 saturated heterocycles. The quantitative estimate of drug-likeness (QED) is 0.440. The number of carbonyl (C=O) groups excluding carboxylic acids is 1. The molecular weight excluding hydrogens is 224 g/mol. The van der Waals surface area contributed by atoms with Crippen molar-refractivity contribution in [1.29, 1.82) is 0 Å². The Hall–Kier alpha value is -0.300. The van der Waals surface area contributed by atoms with Crippen LogP contribution in [0.4, 0.5) is 0 Å². The summed E-state index contributed by atoms with van der Waals surface area (Å²) in [6.45, 7) is 3.31. The van der Waals surface area contributed by atoms with Crippen LogP contribution in [0.25, 0.3) is 0 Å². The second-order valence-electron chi connectivity index (χ2n) is 3.51. The Kier molecular flexibility index (Phi) is 11.0. The van der Waals surface area contributed by atoms with Crippen LogP contribution in [-0.2, 0) is 4.79 Å². The van der Waals surface area contributed by atoms with Crippen molar-refractivity contribution in [1.82, 2.24) is 4.90 Å². The van der Waals surface area contributed by atoms with Crippen molar-refractivity contribution in [3.63, 3.8) is 0 Å². The van der Waals surface area contributed by atoms with Crippen LogP contribution in [0, 0.1) is 0 Å². The molecule has 0 aromatic heterocycles. The predicted octanol–water partition coefficient (Wildman–Crippen LogP) is -0.795. The number of hydrogen-bond donors (Lipinski definition) is 3. The molecule has 0 unspecified atom stereocenters. The van der Waals surface area contributed by atoms with Gasteiger partial charge >= 0.3 is 0 Å². The van der Waals surface area contributed by atoms with Crippen molar-refractivity contribution >= 4 is 17.7 Å². The Morgan fingerprint density at radius 1 is 1.00 bits per heavy atom. The van der Waals surface area contributed by atoms with Gasteiger partial charge in [0.25, 0.3) is 0 Å². The molecule has 1 amide bonds. The van der Waals surface area contributed by atoms with Gasteiger partial charge in [-0.05, 0) is 25.9 Å². The minimum absolute atomic E-state index is 0.167. The number of amides is 1. The lowest BCUT2D eigenvalue weighted by Gasteiger charge is -2.22. The first-order valence-electron chi connectivity index (χ1n) is 5.72. The van der Waals surface area contributed by atoms with Crippen molar-refractivity contribution in [2.45, 2.75) is 12.8 Å². The van der Waals surface area contributed by atoms with Gasteiger partial charge in [-0.25, -0.2) is 0 Å². The summed E-state index contributed by atoms with van der Waals surface area (Å²) < 4.78 is 0. The van der Waals surface area contributed by atoms with E-state index in [0.29, 0.717) is 25.4 Å². The number of nitrogens with zero attached hydrogens (tertiary/aromatic N) is 1. The summed E-state index contributed by atoms with van der Waals surface area (Å²) in [5.74, 6) is 1.50. The summed E-state index contributed by atoms with van der Waals surface area (Å²) in [5, 5.41) is 0. The lowest BCUT2D eigenvalue weighted by molar-refractivity contribution is -0.128. The molecule has 0 saturated carbocycles. The van der Waals surface area contributed by atoms with Crippen molar-refractivity contribution in [3.8, 4) is 0 Å². The maximum Gasteiger partial charge on any atom is 0.232 e. The minimum Gasteiger partial charge on any atom is -0.342 e. The van der Waals surface area contributed by atoms with Crippen LogP contribution in [-0.4, -0.2) is 55.0 Å². The fourth-order valence-electron chi connectivity index (χ4n) is 1.26.